The third-order valence-corrected chi connectivity index (χ3v) is 8.53. The van der Waals surface area contributed by atoms with Crippen LogP contribution >= 0.6 is 23.8 Å². The summed E-state index contributed by atoms with van der Waals surface area (Å²) < 4.78 is 8.45. The molecule has 1 N–H and O–H groups in total. The first-order valence-corrected chi connectivity index (χ1v) is 14.4. The minimum Gasteiger partial charge on any atom is -0.457 e. The Morgan fingerprint density at radius 3 is 2.37 bits per heavy atom. The summed E-state index contributed by atoms with van der Waals surface area (Å²) in [6, 6.07) is 30.2. The Balaban J connectivity index is 1.43. The van der Waals surface area contributed by atoms with E-state index in [1.54, 1.807) is 0 Å². The van der Waals surface area contributed by atoms with Gasteiger partial charge in [0, 0.05) is 34.0 Å². The fraction of sp³-hybridized carbons (Fsp3) is 0.176. The van der Waals surface area contributed by atoms with Crippen molar-refractivity contribution >= 4 is 34.6 Å². The number of hydrogen-bond acceptors (Lipinski definition) is 3. The highest BCUT2D eigenvalue weighted by Crippen LogP contribution is 2.44. The lowest BCUT2D eigenvalue weighted by Gasteiger charge is -2.28. The fourth-order valence-electron chi connectivity index (χ4n) is 5.72. The number of benzene rings is 3. The highest BCUT2D eigenvalue weighted by atomic mass is 35.5. The first-order chi connectivity index (χ1) is 19.8. The molecule has 0 aliphatic carbocycles. The second-order valence-corrected chi connectivity index (χ2v) is 11.2. The number of para-hydroxylation sites is 1. The minimum atomic E-state index is -0.138. The molecular weight excluding hydrogens is 548 g/mol. The first-order valence-electron chi connectivity index (χ1n) is 13.6. The molecule has 5 nitrogen and oxygen atoms in total. The number of rotatable bonds is 6. The molecule has 0 amide bonds. The Kier molecular flexibility index (Phi) is 7.28. The molecule has 2 atom stereocenters. The summed E-state index contributed by atoms with van der Waals surface area (Å²) in [4.78, 5) is 6.92. The molecule has 0 unspecified atom stereocenters. The van der Waals surface area contributed by atoms with Crippen LogP contribution in [0, 0.1) is 27.7 Å². The molecular formula is C34H31ClN4OS. The van der Waals surface area contributed by atoms with E-state index in [9.17, 15) is 0 Å². The SMILES string of the molecule is Cc1ccccc1Oc1ccc(N2C(=S)N[C@H](c3ccccn3)[C@H]2c2cc(C)n(-c3cccc(Cl)c3C)c2C)cc1. The lowest BCUT2D eigenvalue weighted by molar-refractivity contribution is 0.479. The van der Waals surface area contributed by atoms with Crippen molar-refractivity contribution in [2.24, 2.45) is 0 Å². The Labute approximate surface area is 251 Å². The summed E-state index contributed by atoms with van der Waals surface area (Å²) in [5, 5.41) is 4.98. The van der Waals surface area contributed by atoms with Gasteiger partial charge in [0.25, 0.3) is 0 Å². The van der Waals surface area contributed by atoms with Crippen LogP contribution in [0.2, 0.25) is 5.02 Å². The smallest absolute Gasteiger partial charge is 0.174 e. The maximum atomic E-state index is 6.53. The predicted octanol–water partition coefficient (Wildman–Crippen LogP) is 8.73. The summed E-state index contributed by atoms with van der Waals surface area (Å²) in [6.45, 7) is 8.40. The second kappa shape index (κ2) is 11.0. The fourth-order valence-corrected chi connectivity index (χ4v) is 6.23. The van der Waals surface area contributed by atoms with Crippen molar-refractivity contribution in [2.75, 3.05) is 4.90 Å². The zero-order chi connectivity index (χ0) is 28.7. The van der Waals surface area contributed by atoms with E-state index in [4.69, 9.17) is 33.5 Å². The Morgan fingerprint density at radius 1 is 0.878 bits per heavy atom. The van der Waals surface area contributed by atoms with E-state index in [2.05, 4.69) is 65.9 Å². The van der Waals surface area contributed by atoms with Gasteiger partial charge in [-0.3, -0.25) is 4.98 Å². The first kappa shape index (κ1) is 27.1. The zero-order valence-corrected chi connectivity index (χ0v) is 25.0. The minimum absolute atomic E-state index is 0.125. The van der Waals surface area contributed by atoms with Crippen molar-refractivity contribution in [1.29, 1.82) is 0 Å². The molecule has 1 saturated heterocycles. The second-order valence-electron chi connectivity index (χ2n) is 10.4. The molecule has 3 aromatic carbocycles. The summed E-state index contributed by atoms with van der Waals surface area (Å²) in [5.74, 6) is 1.61. The van der Waals surface area contributed by atoms with Crippen molar-refractivity contribution in [2.45, 2.75) is 39.8 Å². The van der Waals surface area contributed by atoms with Crippen LogP contribution in [0.15, 0.2) is 97.2 Å². The number of ether oxygens (including phenoxy) is 1. The van der Waals surface area contributed by atoms with Crippen molar-refractivity contribution in [3.05, 3.63) is 136 Å². The maximum absolute atomic E-state index is 6.53. The summed E-state index contributed by atoms with van der Waals surface area (Å²) in [6.07, 6.45) is 1.83. The quantitative estimate of drug-likeness (QED) is 0.204. The average Bonchev–Trinajstić information content (AvgIpc) is 3.47. The molecule has 1 aliphatic rings. The lowest BCUT2D eigenvalue weighted by atomic mass is 9.96. The van der Waals surface area contributed by atoms with Crippen molar-refractivity contribution in [1.82, 2.24) is 14.9 Å². The Bertz CT molecular complexity index is 1730. The number of aromatic nitrogens is 2. The number of pyridine rings is 1. The molecule has 3 heterocycles. The summed E-state index contributed by atoms with van der Waals surface area (Å²) >= 11 is 12.5. The highest BCUT2D eigenvalue weighted by Gasteiger charge is 2.42. The normalized spacial score (nSPS) is 16.6. The number of halogens is 1. The lowest BCUT2D eigenvalue weighted by Crippen LogP contribution is -2.29. The van der Waals surface area contributed by atoms with E-state index in [0.29, 0.717) is 5.11 Å². The van der Waals surface area contributed by atoms with Gasteiger partial charge in [-0.1, -0.05) is 41.9 Å². The van der Waals surface area contributed by atoms with Crippen LogP contribution in [-0.4, -0.2) is 14.7 Å². The molecule has 0 bridgehead atoms. The number of hydrogen-bond donors (Lipinski definition) is 1. The third-order valence-electron chi connectivity index (χ3n) is 7.80. The van der Waals surface area contributed by atoms with Crippen molar-refractivity contribution < 1.29 is 4.74 Å². The van der Waals surface area contributed by atoms with Crippen LogP contribution in [-0.2, 0) is 0 Å². The van der Waals surface area contributed by atoms with Gasteiger partial charge >= 0.3 is 0 Å². The van der Waals surface area contributed by atoms with Crippen LogP contribution < -0.4 is 15.0 Å². The zero-order valence-electron chi connectivity index (χ0n) is 23.4. The highest BCUT2D eigenvalue weighted by molar-refractivity contribution is 7.80. The topological polar surface area (TPSA) is 42.3 Å². The number of nitrogens with one attached hydrogen (secondary N) is 1. The molecule has 5 aromatic rings. The molecule has 0 saturated carbocycles. The standard InChI is InChI=1S/C34H31ClN4OS/c1-21-10-5-6-14-31(21)40-26-17-15-25(16-18-26)39-33(32(37-34(39)41)29-12-7-8-19-36-29)27-20-22(2)38(24(27)4)30-13-9-11-28(35)23(30)3/h5-20,32-33H,1-4H3,(H,37,41)/t32-,33-/m1/s1. The largest absolute Gasteiger partial charge is 0.457 e. The molecule has 206 valence electrons. The van der Waals surface area contributed by atoms with Gasteiger partial charge in [-0.05, 0) is 117 Å². The van der Waals surface area contributed by atoms with Crippen LogP contribution in [0.5, 0.6) is 11.5 Å². The Morgan fingerprint density at radius 2 is 1.63 bits per heavy atom. The molecule has 2 aromatic heterocycles. The molecule has 0 spiro atoms. The number of thiocarbonyl (C=S) groups is 1. The van der Waals surface area contributed by atoms with Gasteiger partial charge in [0.15, 0.2) is 5.11 Å². The van der Waals surface area contributed by atoms with Gasteiger partial charge in [0.1, 0.15) is 11.5 Å². The van der Waals surface area contributed by atoms with E-state index in [0.717, 1.165) is 56.1 Å². The number of aryl methyl sites for hydroxylation is 2. The molecule has 6 rings (SSSR count). The monoisotopic (exact) mass is 578 g/mol. The molecule has 1 fully saturated rings. The van der Waals surface area contributed by atoms with E-state index in [-0.39, 0.29) is 12.1 Å². The Hall–Kier alpha value is -4.13. The molecule has 1 aliphatic heterocycles. The van der Waals surface area contributed by atoms with Crippen LogP contribution in [0.3, 0.4) is 0 Å². The third kappa shape index (κ3) is 4.98. The van der Waals surface area contributed by atoms with Gasteiger partial charge in [0.05, 0.1) is 17.8 Å². The van der Waals surface area contributed by atoms with Gasteiger partial charge < -0.3 is 19.5 Å². The van der Waals surface area contributed by atoms with E-state index >= 15 is 0 Å². The van der Waals surface area contributed by atoms with Crippen molar-refractivity contribution in [3.8, 4) is 17.2 Å². The van der Waals surface area contributed by atoms with Crippen LogP contribution in [0.4, 0.5) is 5.69 Å². The van der Waals surface area contributed by atoms with Crippen LogP contribution in [0.1, 0.15) is 45.9 Å². The van der Waals surface area contributed by atoms with E-state index in [1.165, 1.54) is 5.56 Å². The maximum Gasteiger partial charge on any atom is 0.174 e. The van der Waals surface area contributed by atoms with Gasteiger partial charge in [-0.15, -0.1) is 0 Å². The summed E-state index contributed by atoms with van der Waals surface area (Å²) in [5.41, 5.74) is 8.56. The number of nitrogens with zero attached hydrogens (tertiary/aromatic N) is 3. The molecule has 7 heteroatoms. The number of anilines is 1. The van der Waals surface area contributed by atoms with Crippen LogP contribution in [0.25, 0.3) is 5.69 Å². The van der Waals surface area contributed by atoms with Gasteiger partial charge in [-0.25, -0.2) is 0 Å². The molecule has 41 heavy (non-hydrogen) atoms. The van der Waals surface area contributed by atoms with Crippen molar-refractivity contribution in [3.63, 3.8) is 0 Å². The summed E-state index contributed by atoms with van der Waals surface area (Å²) in [7, 11) is 0. The van der Waals surface area contributed by atoms with Gasteiger partial charge in [-0.2, -0.15) is 0 Å². The molecule has 0 radical (unpaired) electrons. The predicted molar refractivity (Wildman–Crippen MR) is 171 cm³/mol. The van der Waals surface area contributed by atoms with E-state index < -0.39 is 0 Å². The van der Waals surface area contributed by atoms with Gasteiger partial charge in [0.2, 0.25) is 0 Å². The van der Waals surface area contributed by atoms with E-state index in [1.807, 2.05) is 73.8 Å². The average molecular weight is 579 g/mol.